The van der Waals surface area contributed by atoms with Crippen LogP contribution in [0.2, 0.25) is 0 Å². The summed E-state index contributed by atoms with van der Waals surface area (Å²) in [7, 11) is 0. The van der Waals surface area contributed by atoms with E-state index in [9.17, 15) is 17.6 Å². The summed E-state index contributed by atoms with van der Waals surface area (Å²) < 4.78 is 52.2. The first-order valence-corrected chi connectivity index (χ1v) is 8.16. The number of guanidine groups is 1. The van der Waals surface area contributed by atoms with Gasteiger partial charge in [-0.25, -0.2) is 9.38 Å². The Labute approximate surface area is 169 Å². The second kappa shape index (κ2) is 10.9. The Hall–Kier alpha value is -1.10. The quantitative estimate of drug-likeness (QED) is 0.187. The molecule has 9 heteroatoms. The van der Waals surface area contributed by atoms with Crippen LogP contribution in [0.15, 0.2) is 23.2 Å². The Bertz CT molecular complexity index is 583. The van der Waals surface area contributed by atoms with Gasteiger partial charge in [0, 0.05) is 25.2 Å². The van der Waals surface area contributed by atoms with Gasteiger partial charge in [-0.1, -0.05) is 6.07 Å². The van der Waals surface area contributed by atoms with E-state index in [1.807, 2.05) is 27.7 Å². The summed E-state index contributed by atoms with van der Waals surface area (Å²) in [5.41, 5.74) is -1.09. The summed E-state index contributed by atoms with van der Waals surface area (Å²) in [6.45, 7) is 9.62. The number of halogens is 5. The average molecular weight is 490 g/mol. The maximum Gasteiger partial charge on any atom is 0.416 e. The molecule has 0 radical (unpaired) electrons. The van der Waals surface area contributed by atoms with E-state index in [2.05, 4.69) is 20.9 Å². The molecule has 4 nitrogen and oxygen atoms in total. The van der Waals surface area contributed by atoms with Crippen molar-refractivity contribution in [2.45, 2.75) is 46.0 Å². The Balaban J connectivity index is 0.00000625. The number of aliphatic imine (C=N–C) groups is 1. The highest BCUT2D eigenvalue weighted by Gasteiger charge is 2.33. The van der Waals surface area contributed by atoms with E-state index in [4.69, 9.17) is 0 Å². The first kappa shape index (κ1) is 24.9. The predicted octanol–water partition coefficient (Wildman–Crippen LogP) is 3.91. The lowest BCUT2D eigenvalue weighted by Gasteiger charge is -2.21. The number of nitrogens with one attached hydrogen (secondary N) is 3. The first-order chi connectivity index (χ1) is 11.5. The molecule has 0 aliphatic heterocycles. The van der Waals surface area contributed by atoms with Gasteiger partial charge >= 0.3 is 6.18 Å². The zero-order valence-corrected chi connectivity index (χ0v) is 17.8. The third-order valence-electron chi connectivity index (χ3n) is 3.20. The zero-order chi connectivity index (χ0) is 19.1. The van der Waals surface area contributed by atoms with E-state index in [0.717, 1.165) is 12.1 Å². The fourth-order valence-electron chi connectivity index (χ4n) is 2.07. The van der Waals surface area contributed by atoms with Crippen molar-refractivity contribution in [2.24, 2.45) is 4.99 Å². The number of benzene rings is 1. The van der Waals surface area contributed by atoms with Crippen molar-refractivity contribution in [3.63, 3.8) is 0 Å². The number of hydrogen-bond donors (Lipinski definition) is 3. The molecule has 0 saturated carbocycles. The lowest BCUT2D eigenvalue weighted by atomic mass is 10.1. The van der Waals surface area contributed by atoms with Crippen LogP contribution in [-0.2, 0) is 12.7 Å². The van der Waals surface area contributed by atoms with Crippen LogP contribution in [0.4, 0.5) is 17.6 Å². The van der Waals surface area contributed by atoms with Gasteiger partial charge in [-0.2, -0.15) is 13.2 Å². The molecule has 0 fully saturated rings. The van der Waals surface area contributed by atoms with Crippen LogP contribution in [-0.4, -0.2) is 31.1 Å². The molecule has 0 heterocycles. The van der Waals surface area contributed by atoms with Crippen molar-refractivity contribution >= 4 is 29.9 Å². The molecule has 0 spiro atoms. The highest BCUT2D eigenvalue weighted by molar-refractivity contribution is 14.0. The molecule has 0 aliphatic rings. The summed E-state index contributed by atoms with van der Waals surface area (Å²) >= 11 is 0. The molecule has 0 saturated heterocycles. The van der Waals surface area contributed by atoms with Gasteiger partial charge in [0.15, 0.2) is 5.96 Å². The van der Waals surface area contributed by atoms with Crippen molar-refractivity contribution in [3.8, 4) is 0 Å². The van der Waals surface area contributed by atoms with Gasteiger partial charge in [0.1, 0.15) is 5.82 Å². The van der Waals surface area contributed by atoms with Gasteiger partial charge in [0.2, 0.25) is 0 Å². The molecule has 0 atom stereocenters. The van der Waals surface area contributed by atoms with Gasteiger partial charge in [-0.15, -0.1) is 24.0 Å². The van der Waals surface area contributed by atoms with Crippen molar-refractivity contribution in [3.05, 3.63) is 35.1 Å². The number of hydrogen-bond acceptors (Lipinski definition) is 2. The lowest BCUT2D eigenvalue weighted by molar-refractivity contribution is -0.138. The third-order valence-corrected chi connectivity index (χ3v) is 3.20. The monoisotopic (exact) mass is 490 g/mol. The number of rotatable bonds is 6. The van der Waals surface area contributed by atoms with Crippen LogP contribution in [0.3, 0.4) is 0 Å². The first-order valence-electron chi connectivity index (χ1n) is 8.16. The van der Waals surface area contributed by atoms with E-state index in [1.54, 1.807) is 0 Å². The predicted molar refractivity (Wildman–Crippen MR) is 107 cm³/mol. The summed E-state index contributed by atoms with van der Waals surface area (Å²) in [5.74, 6) is -0.506. The molecule has 3 N–H and O–H groups in total. The van der Waals surface area contributed by atoms with E-state index in [-0.39, 0.29) is 41.6 Å². The smallest absolute Gasteiger partial charge is 0.357 e. The molecule has 0 aromatic heterocycles. The summed E-state index contributed by atoms with van der Waals surface area (Å²) in [6, 6.07) is 2.62. The van der Waals surface area contributed by atoms with Crippen LogP contribution in [0, 0.1) is 5.82 Å². The SMILES string of the molecule is CCNC(=NCc1ccc(F)cc1C(F)(F)F)NCCNC(C)(C)C.I. The average Bonchev–Trinajstić information content (AvgIpc) is 2.48. The van der Waals surface area contributed by atoms with Crippen molar-refractivity contribution in [2.75, 3.05) is 19.6 Å². The third kappa shape index (κ3) is 9.56. The second-order valence-corrected chi connectivity index (χ2v) is 6.60. The molecule has 150 valence electrons. The van der Waals surface area contributed by atoms with Crippen LogP contribution < -0.4 is 16.0 Å². The maximum absolute atomic E-state index is 13.1. The highest BCUT2D eigenvalue weighted by Crippen LogP contribution is 2.32. The summed E-state index contributed by atoms with van der Waals surface area (Å²) in [4.78, 5) is 4.17. The molecule has 1 aromatic carbocycles. The van der Waals surface area contributed by atoms with Crippen LogP contribution >= 0.6 is 24.0 Å². The van der Waals surface area contributed by atoms with Gasteiger partial charge in [-0.05, 0) is 45.4 Å². The Morgan fingerprint density at radius 1 is 1.08 bits per heavy atom. The van der Waals surface area contributed by atoms with Gasteiger partial charge < -0.3 is 16.0 Å². The number of alkyl halides is 3. The Kier molecular flexibility index (Phi) is 10.4. The topological polar surface area (TPSA) is 48.5 Å². The van der Waals surface area contributed by atoms with Crippen LogP contribution in [0.25, 0.3) is 0 Å². The summed E-state index contributed by atoms with van der Waals surface area (Å²) in [5, 5.41) is 9.32. The zero-order valence-electron chi connectivity index (χ0n) is 15.4. The van der Waals surface area contributed by atoms with Crippen LogP contribution in [0.5, 0.6) is 0 Å². The molecular formula is C17H27F4IN4. The molecule has 1 aromatic rings. The number of nitrogens with zero attached hydrogens (tertiary/aromatic N) is 1. The van der Waals surface area contributed by atoms with Crippen molar-refractivity contribution in [1.82, 2.24) is 16.0 Å². The molecule has 1 rings (SSSR count). The molecule has 0 amide bonds. The minimum Gasteiger partial charge on any atom is -0.357 e. The van der Waals surface area contributed by atoms with E-state index < -0.39 is 17.6 Å². The normalized spacial score (nSPS) is 12.5. The summed E-state index contributed by atoms with van der Waals surface area (Å²) in [6.07, 6.45) is -4.62. The fraction of sp³-hybridized carbons (Fsp3) is 0.588. The molecule has 0 aliphatic carbocycles. The second-order valence-electron chi connectivity index (χ2n) is 6.60. The standard InChI is InChI=1S/C17H26F4N4.HI/c1-5-22-15(23-8-9-25-16(2,3)4)24-11-12-6-7-13(18)10-14(12)17(19,20)21;/h6-7,10,25H,5,8-9,11H2,1-4H3,(H2,22,23,24);1H. The van der Waals surface area contributed by atoms with E-state index in [0.29, 0.717) is 31.7 Å². The molecule has 0 unspecified atom stereocenters. The highest BCUT2D eigenvalue weighted by atomic mass is 127. The van der Waals surface area contributed by atoms with Gasteiger partial charge in [0.05, 0.1) is 12.1 Å². The largest absolute Gasteiger partial charge is 0.416 e. The van der Waals surface area contributed by atoms with E-state index in [1.165, 1.54) is 0 Å². The van der Waals surface area contributed by atoms with E-state index >= 15 is 0 Å². The molecular weight excluding hydrogens is 463 g/mol. The Morgan fingerprint density at radius 2 is 1.73 bits per heavy atom. The molecule has 0 bridgehead atoms. The van der Waals surface area contributed by atoms with Crippen molar-refractivity contribution in [1.29, 1.82) is 0 Å². The minimum absolute atomic E-state index is 0. The van der Waals surface area contributed by atoms with Gasteiger partial charge in [0.25, 0.3) is 0 Å². The minimum atomic E-state index is -4.62. The lowest BCUT2D eigenvalue weighted by Crippen LogP contribution is -2.44. The van der Waals surface area contributed by atoms with Crippen molar-refractivity contribution < 1.29 is 17.6 Å². The maximum atomic E-state index is 13.1. The molecule has 26 heavy (non-hydrogen) atoms. The van der Waals surface area contributed by atoms with Gasteiger partial charge in [-0.3, -0.25) is 0 Å². The van der Waals surface area contributed by atoms with Crippen LogP contribution in [0.1, 0.15) is 38.8 Å². The fourth-order valence-corrected chi connectivity index (χ4v) is 2.07. The Morgan fingerprint density at radius 3 is 2.27 bits per heavy atom.